The van der Waals surface area contributed by atoms with Gasteiger partial charge in [-0.1, -0.05) is 36.2 Å². The van der Waals surface area contributed by atoms with E-state index in [9.17, 15) is 0 Å². The lowest BCUT2D eigenvalue weighted by Crippen LogP contribution is -2.08. The average Bonchev–Trinajstić information content (AvgIpc) is 2.44. The number of aromatic nitrogens is 2. The predicted molar refractivity (Wildman–Crippen MR) is 92.5 cm³/mol. The van der Waals surface area contributed by atoms with E-state index in [1.54, 1.807) is 6.07 Å². The van der Waals surface area contributed by atoms with Crippen molar-refractivity contribution in [3.8, 4) is 0 Å². The quantitative estimate of drug-likeness (QED) is 0.758. The van der Waals surface area contributed by atoms with Gasteiger partial charge in [-0.05, 0) is 47.0 Å². The Bertz CT molecular complexity index is 647. The number of anilines is 1. The van der Waals surface area contributed by atoms with Gasteiger partial charge in [-0.25, -0.2) is 9.97 Å². The number of nitrogens with one attached hydrogen (secondary N) is 1. The topological polar surface area (TPSA) is 37.8 Å². The van der Waals surface area contributed by atoms with E-state index in [2.05, 4.69) is 38.1 Å². The molecule has 0 unspecified atom stereocenters. The maximum absolute atomic E-state index is 6.21. The highest BCUT2D eigenvalue weighted by atomic mass is 79.9. The van der Waals surface area contributed by atoms with E-state index in [0.29, 0.717) is 16.5 Å². The third-order valence-corrected chi connectivity index (χ3v) is 4.51. The minimum absolute atomic E-state index is 0.574. The van der Waals surface area contributed by atoms with Gasteiger partial charge in [0.25, 0.3) is 0 Å². The zero-order valence-electron chi connectivity index (χ0n) is 11.9. The number of hydrogen-bond acceptors (Lipinski definition) is 3. The molecule has 0 aliphatic heterocycles. The first-order chi connectivity index (χ1) is 10.0. The maximum atomic E-state index is 6.21. The van der Waals surface area contributed by atoms with Crippen molar-refractivity contribution in [2.75, 3.05) is 11.9 Å². The first kappa shape index (κ1) is 16.5. The number of rotatable bonds is 5. The highest BCUT2D eigenvalue weighted by Gasteiger charge is 2.11. The molecular weight excluding hydrogens is 373 g/mol. The molecule has 0 fully saturated rings. The minimum Gasteiger partial charge on any atom is -0.369 e. The lowest BCUT2D eigenvalue weighted by Gasteiger charge is -2.11. The van der Waals surface area contributed by atoms with Gasteiger partial charge >= 0.3 is 0 Å². The SMILES string of the molecule is CCCNc1nc(Cc2ccc(Cl)cc2Cl)nc(C)c1Br. The molecule has 0 spiro atoms. The molecule has 0 saturated carbocycles. The number of benzene rings is 1. The van der Waals surface area contributed by atoms with Crippen LogP contribution in [0.5, 0.6) is 0 Å². The molecule has 2 rings (SSSR count). The van der Waals surface area contributed by atoms with Gasteiger partial charge < -0.3 is 5.32 Å². The second-order valence-corrected chi connectivity index (χ2v) is 6.36. The van der Waals surface area contributed by atoms with Gasteiger partial charge in [0, 0.05) is 23.0 Å². The van der Waals surface area contributed by atoms with Gasteiger partial charge in [0.15, 0.2) is 0 Å². The standard InChI is InChI=1S/C15H16BrCl2N3/c1-3-6-19-15-14(16)9(2)20-13(21-15)7-10-4-5-11(17)8-12(10)18/h4-5,8H,3,6-7H2,1-2H3,(H,19,20,21). The molecular formula is C15H16BrCl2N3. The van der Waals surface area contributed by atoms with Gasteiger partial charge in [-0.2, -0.15) is 0 Å². The summed E-state index contributed by atoms with van der Waals surface area (Å²) in [5.41, 5.74) is 1.87. The number of halogens is 3. The third kappa shape index (κ3) is 4.31. The largest absolute Gasteiger partial charge is 0.369 e. The van der Waals surface area contributed by atoms with E-state index < -0.39 is 0 Å². The van der Waals surface area contributed by atoms with Crippen LogP contribution in [0.15, 0.2) is 22.7 Å². The Hall–Kier alpha value is -0.840. The molecule has 1 aromatic heterocycles. The Kier molecular flexibility index (Phi) is 5.85. The lowest BCUT2D eigenvalue weighted by molar-refractivity contribution is 0.910. The third-order valence-electron chi connectivity index (χ3n) is 2.97. The average molecular weight is 389 g/mol. The van der Waals surface area contributed by atoms with Crippen LogP contribution in [0.25, 0.3) is 0 Å². The molecule has 0 amide bonds. The fourth-order valence-corrected chi connectivity index (χ4v) is 2.68. The fourth-order valence-electron chi connectivity index (χ4n) is 1.89. The summed E-state index contributed by atoms with van der Waals surface area (Å²) in [5, 5.41) is 4.56. The Morgan fingerprint density at radius 3 is 2.67 bits per heavy atom. The second-order valence-electron chi connectivity index (χ2n) is 4.73. The van der Waals surface area contributed by atoms with E-state index in [4.69, 9.17) is 23.2 Å². The maximum Gasteiger partial charge on any atom is 0.144 e. The first-order valence-corrected chi connectivity index (χ1v) is 8.27. The molecule has 1 N–H and O–H groups in total. The minimum atomic E-state index is 0.574. The van der Waals surface area contributed by atoms with Gasteiger partial charge in [-0.15, -0.1) is 0 Å². The lowest BCUT2D eigenvalue weighted by atomic mass is 10.1. The van der Waals surface area contributed by atoms with Crippen LogP contribution < -0.4 is 5.32 Å². The number of hydrogen-bond donors (Lipinski definition) is 1. The molecule has 0 radical (unpaired) electrons. The predicted octanol–water partition coefficient (Wildman–Crippen LogP) is 5.27. The van der Waals surface area contributed by atoms with Crippen LogP contribution in [-0.2, 0) is 6.42 Å². The van der Waals surface area contributed by atoms with Crippen LogP contribution >= 0.6 is 39.1 Å². The van der Waals surface area contributed by atoms with Crippen molar-refractivity contribution in [2.24, 2.45) is 0 Å². The van der Waals surface area contributed by atoms with Crippen molar-refractivity contribution in [3.05, 3.63) is 49.8 Å². The number of nitrogens with zero attached hydrogens (tertiary/aromatic N) is 2. The Labute approximate surface area is 143 Å². The van der Waals surface area contributed by atoms with Gasteiger partial charge in [0.1, 0.15) is 11.6 Å². The van der Waals surface area contributed by atoms with Crippen molar-refractivity contribution in [1.29, 1.82) is 0 Å². The summed E-state index contributed by atoms with van der Waals surface area (Å²) in [6.07, 6.45) is 1.61. The monoisotopic (exact) mass is 387 g/mol. The molecule has 21 heavy (non-hydrogen) atoms. The molecule has 0 saturated heterocycles. The summed E-state index contributed by atoms with van der Waals surface area (Å²) < 4.78 is 0.905. The Balaban J connectivity index is 2.29. The molecule has 0 atom stereocenters. The number of aryl methyl sites for hydroxylation is 1. The highest BCUT2D eigenvalue weighted by Crippen LogP contribution is 2.26. The highest BCUT2D eigenvalue weighted by molar-refractivity contribution is 9.10. The summed E-state index contributed by atoms with van der Waals surface area (Å²) in [5.74, 6) is 1.56. The summed E-state index contributed by atoms with van der Waals surface area (Å²) in [7, 11) is 0. The molecule has 0 bridgehead atoms. The van der Waals surface area contributed by atoms with Crippen LogP contribution in [0.4, 0.5) is 5.82 Å². The zero-order chi connectivity index (χ0) is 15.4. The molecule has 1 heterocycles. The van der Waals surface area contributed by atoms with E-state index >= 15 is 0 Å². The molecule has 3 nitrogen and oxygen atoms in total. The Morgan fingerprint density at radius 2 is 2.00 bits per heavy atom. The van der Waals surface area contributed by atoms with E-state index in [1.165, 1.54) is 0 Å². The normalized spacial score (nSPS) is 10.7. The van der Waals surface area contributed by atoms with Crippen molar-refractivity contribution in [2.45, 2.75) is 26.7 Å². The first-order valence-electron chi connectivity index (χ1n) is 6.72. The molecule has 1 aromatic carbocycles. The van der Waals surface area contributed by atoms with Crippen LogP contribution in [0.2, 0.25) is 10.0 Å². The fraction of sp³-hybridized carbons (Fsp3) is 0.333. The van der Waals surface area contributed by atoms with Gasteiger partial charge in [-0.3, -0.25) is 0 Å². The van der Waals surface area contributed by atoms with Crippen molar-refractivity contribution < 1.29 is 0 Å². The van der Waals surface area contributed by atoms with Crippen LogP contribution in [-0.4, -0.2) is 16.5 Å². The van der Waals surface area contributed by atoms with Crippen LogP contribution in [0, 0.1) is 6.92 Å². The van der Waals surface area contributed by atoms with Crippen molar-refractivity contribution >= 4 is 44.9 Å². The van der Waals surface area contributed by atoms with Crippen LogP contribution in [0.1, 0.15) is 30.4 Å². The molecule has 0 aliphatic carbocycles. The van der Waals surface area contributed by atoms with Crippen molar-refractivity contribution in [1.82, 2.24) is 9.97 Å². The van der Waals surface area contributed by atoms with E-state index in [1.807, 2.05) is 19.1 Å². The second kappa shape index (κ2) is 7.43. The summed E-state index contributed by atoms with van der Waals surface area (Å²) >= 11 is 15.6. The summed E-state index contributed by atoms with van der Waals surface area (Å²) in [4.78, 5) is 9.08. The summed E-state index contributed by atoms with van der Waals surface area (Å²) in [6, 6.07) is 5.47. The molecule has 0 aliphatic rings. The smallest absolute Gasteiger partial charge is 0.144 e. The van der Waals surface area contributed by atoms with E-state index in [-0.39, 0.29) is 0 Å². The summed E-state index contributed by atoms with van der Waals surface area (Å²) in [6.45, 7) is 4.94. The zero-order valence-corrected chi connectivity index (χ0v) is 15.0. The van der Waals surface area contributed by atoms with Gasteiger partial charge in [0.2, 0.25) is 0 Å². The van der Waals surface area contributed by atoms with Gasteiger partial charge in [0.05, 0.1) is 10.2 Å². The van der Waals surface area contributed by atoms with E-state index in [0.717, 1.165) is 40.3 Å². The van der Waals surface area contributed by atoms with Crippen molar-refractivity contribution in [3.63, 3.8) is 0 Å². The Morgan fingerprint density at radius 1 is 1.24 bits per heavy atom. The molecule has 112 valence electrons. The molecule has 6 heteroatoms. The molecule has 2 aromatic rings. The van der Waals surface area contributed by atoms with Crippen LogP contribution in [0.3, 0.4) is 0 Å².